The summed E-state index contributed by atoms with van der Waals surface area (Å²) >= 11 is 0. The molecule has 5 nitrogen and oxygen atoms in total. The van der Waals surface area contributed by atoms with E-state index < -0.39 is 0 Å². The van der Waals surface area contributed by atoms with E-state index in [1.807, 2.05) is 6.92 Å². The third kappa shape index (κ3) is 2.73. The van der Waals surface area contributed by atoms with Crippen LogP contribution in [0.15, 0.2) is 24.3 Å². The Morgan fingerprint density at radius 1 is 1.17 bits per heavy atom. The van der Waals surface area contributed by atoms with Crippen LogP contribution in [0.1, 0.15) is 49.7 Å². The number of hydrogen-bond donors (Lipinski definition) is 1. The Morgan fingerprint density at radius 3 is 2.39 bits per heavy atom. The van der Waals surface area contributed by atoms with E-state index in [4.69, 9.17) is 5.73 Å². The molecular formula is C13H19N5. The summed E-state index contributed by atoms with van der Waals surface area (Å²) in [5.74, 6) is 1.26. The Hall–Kier alpha value is -1.75. The summed E-state index contributed by atoms with van der Waals surface area (Å²) < 4.78 is 1.75. The summed E-state index contributed by atoms with van der Waals surface area (Å²) in [5.41, 5.74) is 8.32. The molecule has 0 spiro atoms. The van der Waals surface area contributed by atoms with Crippen LogP contribution in [0.4, 0.5) is 0 Å². The number of tetrazole rings is 1. The SMILES string of the molecule is CC(C)c1ccc(Cn2nnnc2C(C)N)cc1. The Balaban J connectivity index is 2.16. The summed E-state index contributed by atoms with van der Waals surface area (Å²) in [4.78, 5) is 0. The second-order valence-electron chi connectivity index (χ2n) is 4.88. The summed E-state index contributed by atoms with van der Waals surface area (Å²) in [5, 5.41) is 11.6. The molecule has 1 aromatic heterocycles. The van der Waals surface area contributed by atoms with Gasteiger partial charge in [0.05, 0.1) is 12.6 Å². The molecule has 2 aromatic rings. The van der Waals surface area contributed by atoms with Gasteiger partial charge in [-0.1, -0.05) is 38.1 Å². The smallest absolute Gasteiger partial charge is 0.168 e. The highest BCUT2D eigenvalue weighted by atomic mass is 15.5. The van der Waals surface area contributed by atoms with Gasteiger partial charge in [-0.2, -0.15) is 0 Å². The van der Waals surface area contributed by atoms with Crippen LogP contribution in [-0.2, 0) is 6.54 Å². The van der Waals surface area contributed by atoms with E-state index in [2.05, 4.69) is 53.6 Å². The summed E-state index contributed by atoms with van der Waals surface area (Å²) in [6.45, 7) is 6.90. The number of aromatic nitrogens is 4. The lowest BCUT2D eigenvalue weighted by molar-refractivity contribution is 0.587. The van der Waals surface area contributed by atoms with Crippen LogP contribution in [0.25, 0.3) is 0 Å². The summed E-state index contributed by atoms with van der Waals surface area (Å²) in [7, 11) is 0. The highest BCUT2D eigenvalue weighted by molar-refractivity contribution is 5.24. The van der Waals surface area contributed by atoms with E-state index in [-0.39, 0.29) is 6.04 Å². The molecule has 18 heavy (non-hydrogen) atoms. The van der Waals surface area contributed by atoms with Crippen molar-refractivity contribution in [1.82, 2.24) is 20.2 Å². The van der Waals surface area contributed by atoms with Gasteiger partial charge in [-0.15, -0.1) is 5.10 Å². The van der Waals surface area contributed by atoms with Crippen LogP contribution >= 0.6 is 0 Å². The van der Waals surface area contributed by atoms with Crippen molar-refractivity contribution in [3.05, 3.63) is 41.2 Å². The van der Waals surface area contributed by atoms with E-state index >= 15 is 0 Å². The third-order valence-corrected chi connectivity index (χ3v) is 2.95. The van der Waals surface area contributed by atoms with Crippen molar-refractivity contribution in [3.8, 4) is 0 Å². The number of rotatable bonds is 4. The fraction of sp³-hybridized carbons (Fsp3) is 0.462. The maximum absolute atomic E-state index is 5.81. The van der Waals surface area contributed by atoms with Gasteiger partial charge in [0, 0.05) is 0 Å². The molecule has 0 aliphatic heterocycles. The number of hydrogen-bond acceptors (Lipinski definition) is 4. The monoisotopic (exact) mass is 245 g/mol. The molecule has 96 valence electrons. The molecule has 0 radical (unpaired) electrons. The Morgan fingerprint density at radius 2 is 1.83 bits per heavy atom. The van der Waals surface area contributed by atoms with Crippen LogP contribution in [0.2, 0.25) is 0 Å². The van der Waals surface area contributed by atoms with Gasteiger partial charge in [-0.25, -0.2) is 4.68 Å². The minimum absolute atomic E-state index is 0.157. The lowest BCUT2D eigenvalue weighted by atomic mass is 10.0. The quantitative estimate of drug-likeness (QED) is 0.892. The maximum Gasteiger partial charge on any atom is 0.168 e. The predicted molar refractivity (Wildman–Crippen MR) is 70.1 cm³/mol. The Labute approximate surface area is 107 Å². The first-order chi connectivity index (χ1) is 8.58. The standard InChI is InChI=1S/C13H19N5/c1-9(2)12-6-4-11(5-7-12)8-18-13(10(3)14)15-16-17-18/h4-7,9-10H,8,14H2,1-3H3. The molecular weight excluding hydrogens is 226 g/mol. The lowest BCUT2D eigenvalue weighted by Crippen LogP contribution is -2.15. The predicted octanol–water partition coefficient (Wildman–Crippen LogP) is 1.86. The Bertz CT molecular complexity index is 498. The minimum atomic E-state index is -0.157. The van der Waals surface area contributed by atoms with Crippen LogP contribution in [0.3, 0.4) is 0 Å². The van der Waals surface area contributed by atoms with Crippen molar-refractivity contribution in [2.24, 2.45) is 5.73 Å². The molecule has 0 saturated heterocycles. The maximum atomic E-state index is 5.81. The molecule has 5 heteroatoms. The van der Waals surface area contributed by atoms with Crippen molar-refractivity contribution in [1.29, 1.82) is 0 Å². The van der Waals surface area contributed by atoms with Gasteiger partial charge in [0.2, 0.25) is 0 Å². The first-order valence-electron chi connectivity index (χ1n) is 6.18. The van der Waals surface area contributed by atoms with Crippen LogP contribution in [-0.4, -0.2) is 20.2 Å². The zero-order valence-corrected chi connectivity index (χ0v) is 11.0. The van der Waals surface area contributed by atoms with Crippen LogP contribution in [0.5, 0.6) is 0 Å². The molecule has 0 aliphatic rings. The molecule has 0 bridgehead atoms. The summed E-state index contributed by atoms with van der Waals surface area (Å²) in [6.07, 6.45) is 0. The van der Waals surface area contributed by atoms with Crippen LogP contribution in [0, 0.1) is 0 Å². The fourth-order valence-electron chi connectivity index (χ4n) is 1.83. The number of nitrogens with zero attached hydrogens (tertiary/aromatic N) is 4. The molecule has 0 amide bonds. The van der Waals surface area contributed by atoms with Gasteiger partial charge < -0.3 is 5.73 Å². The van der Waals surface area contributed by atoms with Crippen molar-refractivity contribution in [2.45, 2.75) is 39.3 Å². The molecule has 0 saturated carbocycles. The molecule has 1 aromatic carbocycles. The third-order valence-electron chi connectivity index (χ3n) is 2.95. The highest BCUT2D eigenvalue weighted by Gasteiger charge is 2.10. The van der Waals surface area contributed by atoms with Crippen molar-refractivity contribution in [2.75, 3.05) is 0 Å². The summed E-state index contributed by atoms with van der Waals surface area (Å²) in [6, 6.07) is 8.37. The highest BCUT2D eigenvalue weighted by Crippen LogP contribution is 2.15. The minimum Gasteiger partial charge on any atom is -0.322 e. The molecule has 0 fully saturated rings. The topological polar surface area (TPSA) is 69.6 Å². The fourth-order valence-corrected chi connectivity index (χ4v) is 1.83. The van der Waals surface area contributed by atoms with Gasteiger partial charge in [-0.3, -0.25) is 0 Å². The van der Waals surface area contributed by atoms with Gasteiger partial charge in [0.15, 0.2) is 5.82 Å². The van der Waals surface area contributed by atoms with E-state index in [0.717, 1.165) is 0 Å². The van der Waals surface area contributed by atoms with Crippen molar-refractivity contribution >= 4 is 0 Å². The number of nitrogens with two attached hydrogens (primary N) is 1. The first kappa shape index (κ1) is 12.7. The van der Waals surface area contributed by atoms with Crippen molar-refractivity contribution in [3.63, 3.8) is 0 Å². The largest absolute Gasteiger partial charge is 0.322 e. The normalized spacial score (nSPS) is 12.9. The zero-order valence-electron chi connectivity index (χ0n) is 11.0. The molecule has 1 heterocycles. The van der Waals surface area contributed by atoms with E-state index in [9.17, 15) is 0 Å². The van der Waals surface area contributed by atoms with E-state index in [0.29, 0.717) is 18.3 Å². The van der Waals surface area contributed by atoms with Gasteiger partial charge >= 0.3 is 0 Å². The molecule has 2 N–H and O–H groups in total. The van der Waals surface area contributed by atoms with E-state index in [1.54, 1.807) is 4.68 Å². The molecule has 1 atom stereocenters. The zero-order chi connectivity index (χ0) is 13.1. The second kappa shape index (κ2) is 5.27. The average molecular weight is 245 g/mol. The van der Waals surface area contributed by atoms with E-state index in [1.165, 1.54) is 11.1 Å². The molecule has 0 aliphatic carbocycles. The first-order valence-corrected chi connectivity index (χ1v) is 6.18. The second-order valence-corrected chi connectivity index (χ2v) is 4.88. The van der Waals surface area contributed by atoms with Crippen molar-refractivity contribution < 1.29 is 0 Å². The molecule has 1 unspecified atom stereocenters. The molecule has 2 rings (SSSR count). The van der Waals surface area contributed by atoms with Gasteiger partial charge in [-0.05, 0) is 34.4 Å². The lowest BCUT2D eigenvalue weighted by Gasteiger charge is -2.09. The van der Waals surface area contributed by atoms with Gasteiger partial charge in [0.25, 0.3) is 0 Å². The van der Waals surface area contributed by atoms with Gasteiger partial charge in [0.1, 0.15) is 0 Å². The van der Waals surface area contributed by atoms with Crippen LogP contribution < -0.4 is 5.73 Å². The number of benzene rings is 1. The Kier molecular flexibility index (Phi) is 3.72. The average Bonchev–Trinajstić information content (AvgIpc) is 2.78.